The van der Waals surface area contributed by atoms with Crippen LogP contribution in [0.25, 0.3) is 10.8 Å². The fourth-order valence-electron chi connectivity index (χ4n) is 5.08. The van der Waals surface area contributed by atoms with Crippen LogP contribution in [0.15, 0.2) is 60.7 Å². The van der Waals surface area contributed by atoms with Crippen LogP contribution < -0.4 is 0 Å². The van der Waals surface area contributed by atoms with Gasteiger partial charge in [0.25, 0.3) is 5.91 Å². The van der Waals surface area contributed by atoms with E-state index >= 15 is 0 Å². The van der Waals surface area contributed by atoms with Crippen molar-refractivity contribution >= 4 is 64.7 Å². The molecule has 0 bridgehead atoms. The van der Waals surface area contributed by atoms with E-state index in [9.17, 15) is 4.79 Å². The number of ether oxygens (including phenoxy) is 1. The average molecular weight is 609 g/mol. The highest BCUT2D eigenvalue weighted by atomic mass is 35.5. The zero-order valence-electron chi connectivity index (χ0n) is 21.7. The highest BCUT2D eigenvalue weighted by molar-refractivity contribution is 6.35. The molecule has 1 atom stereocenters. The molecule has 0 aliphatic carbocycles. The van der Waals surface area contributed by atoms with Gasteiger partial charge < -0.3 is 9.64 Å². The molecule has 1 amide bonds. The van der Waals surface area contributed by atoms with Gasteiger partial charge in [0.1, 0.15) is 0 Å². The molecule has 5 nitrogen and oxygen atoms in total. The van der Waals surface area contributed by atoms with Gasteiger partial charge in [-0.1, -0.05) is 77.5 Å². The van der Waals surface area contributed by atoms with Gasteiger partial charge >= 0.3 is 0 Å². The third kappa shape index (κ3) is 8.49. The Bertz CT molecular complexity index is 1300. The van der Waals surface area contributed by atoms with Gasteiger partial charge in [0.15, 0.2) is 0 Å². The van der Waals surface area contributed by atoms with Crippen molar-refractivity contribution in [3.8, 4) is 11.8 Å². The van der Waals surface area contributed by atoms with E-state index in [2.05, 4.69) is 64.1 Å². The lowest BCUT2D eigenvalue weighted by molar-refractivity contribution is 0.0441. The summed E-state index contributed by atoms with van der Waals surface area (Å²) >= 11 is 12.4. The molecule has 0 N–H and O–H groups in total. The molecule has 0 aromatic heterocycles. The van der Waals surface area contributed by atoms with Crippen molar-refractivity contribution in [2.45, 2.75) is 12.5 Å². The first-order chi connectivity index (χ1) is 18.0. The zero-order valence-corrected chi connectivity index (χ0v) is 24.8. The predicted octanol–water partition coefficient (Wildman–Crippen LogP) is 5.69. The van der Waals surface area contributed by atoms with Gasteiger partial charge in [0, 0.05) is 54.4 Å². The van der Waals surface area contributed by atoms with Crippen LogP contribution in [0, 0.1) is 11.8 Å². The summed E-state index contributed by atoms with van der Waals surface area (Å²) < 4.78 is 5.41. The predicted molar refractivity (Wildman–Crippen MR) is 165 cm³/mol. The Morgan fingerprint density at radius 1 is 0.821 bits per heavy atom. The number of carbonyl (C=O) groups excluding carboxylic acids is 1. The second kappa shape index (κ2) is 15.1. The number of hydrogen-bond acceptors (Lipinski definition) is 4. The van der Waals surface area contributed by atoms with E-state index in [-0.39, 0.29) is 36.8 Å². The quantitative estimate of drug-likeness (QED) is 0.349. The van der Waals surface area contributed by atoms with E-state index in [0.29, 0.717) is 28.7 Å². The Hall–Kier alpha value is -2.01. The molecule has 2 heterocycles. The van der Waals surface area contributed by atoms with E-state index in [4.69, 9.17) is 27.9 Å². The zero-order chi connectivity index (χ0) is 25.6. The van der Waals surface area contributed by atoms with E-state index in [0.717, 1.165) is 52.4 Å². The maximum Gasteiger partial charge on any atom is 0.254 e. The number of carbonyl (C=O) groups is 1. The minimum atomic E-state index is -0.0340. The lowest BCUT2D eigenvalue weighted by atomic mass is 9.98. The number of rotatable bonds is 5. The van der Waals surface area contributed by atoms with Crippen LogP contribution >= 0.6 is 48.0 Å². The van der Waals surface area contributed by atoms with Crippen molar-refractivity contribution in [2.75, 3.05) is 59.0 Å². The molecular weight excluding hydrogens is 576 g/mol. The summed E-state index contributed by atoms with van der Waals surface area (Å²) in [4.78, 5) is 20.3. The summed E-state index contributed by atoms with van der Waals surface area (Å²) in [5.74, 6) is 6.65. The summed E-state index contributed by atoms with van der Waals surface area (Å²) in [5.41, 5.74) is 1.74. The minimum absolute atomic E-state index is 0. The molecule has 0 saturated carbocycles. The Labute approximate surface area is 253 Å². The van der Waals surface area contributed by atoms with Gasteiger partial charge in [0.05, 0.1) is 26.3 Å². The SMILES string of the molecule is Cl.Cl.O=C(c1cc(Cl)cc(Cl)c1)N1CCN(CC#CCN2CCOCC2)C[C@H]1Cc1ccc2ccccc2c1. The molecular formula is C30H33Cl4N3O2. The van der Waals surface area contributed by atoms with Crippen molar-refractivity contribution in [2.24, 2.45) is 0 Å². The summed E-state index contributed by atoms with van der Waals surface area (Å²) in [6.07, 6.45) is 0.766. The van der Waals surface area contributed by atoms with E-state index in [1.165, 1.54) is 16.3 Å². The van der Waals surface area contributed by atoms with E-state index in [1.807, 2.05) is 4.90 Å². The molecule has 3 aromatic rings. The Balaban J connectivity index is 0.00000210. The average Bonchev–Trinajstić information content (AvgIpc) is 2.91. The standard InChI is InChI=1S/C30H31Cl2N3O2.2ClH/c31-27-19-26(20-28(32)21-27)30(36)35-12-11-34(10-4-3-9-33-13-15-37-16-14-33)22-29(35)18-23-7-8-24-5-1-2-6-25(24)17-23;;/h1-2,5-8,17,19-21,29H,9-16,18,22H2;2*1H/t29-;;/m1../s1. The van der Waals surface area contributed by atoms with Crippen LogP contribution in [0.5, 0.6) is 0 Å². The highest BCUT2D eigenvalue weighted by Crippen LogP contribution is 2.24. The van der Waals surface area contributed by atoms with Gasteiger partial charge in [-0.05, 0) is 41.0 Å². The van der Waals surface area contributed by atoms with Crippen LogP contribution in [0.4, 0.5) is 0 Å². The van der Waals surface area contributed by atoms with Crippen LogP contribution in [0.2, 0.25) is 10.0 Å². The molecule has 2 aliphatic heterocycles. The normalized spacial score (nSPS) is 18.0. The fraction of sp³-hybridized carbons (Fsp3) is 0.367. The third-order valence-corrected chi connectivity index (χ3v) is 7.49. The van der Waals surface area contributed by atoms with Gasteiger partial charge in [-0.2, -0.15) is 0 Å². The molecule has 0 radical (unpaired) electrons. The van der Waals surface area contributed by atoms with Crippen LogP contribution in [-0.2, 0) is 11.2 Å². The monoisotopic (exact) mass is 607 g/mol. The van der Waals surface area contributed by atoms with Crippen molar-refractivity contribution in [3.05, 3.63) is 81.8 Å². The third-order valence-electron chi connectivity index (χ3n) is 7.06. The molecule has 5 rings (SSSR count). The first kappa shape index (κ1) is 31.5. The van der Waals surface area contributed by atoms with E-state index in [1.54, 1.807) is 18.2 Å². The molecule has 9 heteroatoms. The molecule has 3 aromatic carbocycles. The number of piperazine rings is 1. The van der Waals surface area contributed by atoms with Crippen molar-refractivity contribution in [3.63, 3.8) is 0 Å². The summed E-state index contributed by atoms with van der Waals surface area (Å²) in [5, 5.41) is 3.36. The number of hydrogen-bond donors (Lipinski definition) is 0. The second-order valence-electron chi connectivity index (χ2n) is 9.67. The second-order valence-corrected chi connectivity index (χ2v) is 10.5. The maximum atomic E-state index is 13.6. The van der Waals surface area contributed by atoms with Crippen LogP contribution in [0.1, 0.15) is 15.9 Å². The minimum Gasteiger partial charge on any atom is -0.379 e. The number of fused-ring (bicyclic) bond motifs is 1. The first-order valence-corrected chi connectivity index (χ1v) is 13.5. The number of benzene rings is 3. The lowest BCUT2D eigenvalue weighted by Gasteiger charge is -2.41. The van der Waals surface area contributed by atoms with Gasteiger partial charge in [-0.25, -0.2) is 0 Å². The number of morpholine rings is 1. The molecule has 0 unspecified atom stereocenters. The Morgan fingerprint density at radius 3 is 2.21 bits per heavy atom. The summed E-state index contributed by atoms with van der Waals surface area (Å²) in [6.45, 7) is 7.10. The van der Waals surface area contributed by atoms with E-state index < -0.39 is 0 Å². The summed E-state index contributed by atoms with van der Waals surface area (Å²) in [7, 11) is 0. The smallest absolute Gasteiger partial charge is 0.254 e. The number of halogens is 4. The van der Waals surface area contributed by atoms with Gasteiger partial charge in [-0.15, -0.1) is 24.8 Å². The van der Waals surface area contributed by atoms with Gasteiger partial charge in [0.2, 0.25) is 0 Å². The molecule has 2 fully saturated rings. The summed E-state index contributed by atoms with van der Waals surface area (Å²) in [6, 6.07) is 20.0. The molecule has 208 valence electrons. The molecule has 2 saturated heterocycles. The Kier molecular flexibility index (Phi) is 12.2. The Morgan fingerprint density at radius 2 is 1.49 bits per heavy atom. The topological polar surface area (TPSA) is 36.0 Å². The molecule has 2 aliphatic rings. The number of amides is 1. The van der Waals surface area contributed by atoms with Crippen molar-refractivity contribution < 1.29 is 9.53 Å². The lowest BCUT2D eigenvalue weighted by Crippen LogP contribution is -2.56. The fourth-order valence-corrected chi connectivity index (χ4v) is 5.61. The van der Waals surface area contributed by atoms with Crippen molar-refractivity contribution in [1.82, 2.24) is 14.7 Å². The first-order valence-electron chi connectivity index (χ1n) is 12.8. The number of nitrogens with zero attached hydrogens (tertiary/aromatic N) is 3. The molecule has 39 heavy (non-hydrogen) atoms. The van der Waals surface area contributed by atoms with Crippen molar-refractivity contribution in [1.29, 1.82) is 0 Å². The van der Waals surface area contributed by atoms with Gasteiger partial charge in [-0.3, -0.25) is 14.6 Å². The highest BCUT2D eigenvalue weighted by Gasteiger charge is 2.31. The molecule has 0 spiro atoms. The van der Waals surface area contributed by atoms with Crippen LogP contribution in [0.3, 0.4) is 0 Å². The maximum absolute atomic E-state index is 13.6. The van der Waals surface area contributed by atoms with Crippen LogP contribution in [-0.4, -0.2) is 85.7 Å². The largest absolute Gasteiger partial charge is 0.379 e.